The van der Waals surface area contributed by atoms with Crippen molar-refractivity contribution in [3.63, 3.8) is 0 Å². The topological polar surface area (TPSA) is 78.1 Å². The van der Waals surface area contributed by atoms with Gasteiger partial charge in [0.05, 0.1) is 0 Å². The van der Waals surface area contributed by atoms with Crippen molar-refractivity contribution in [3.8, 4) is 0 Å². The molecule has 3 nitrogen and oxygen atoms in total. The van der Waals surface area contributed by atoms with Gasteiger partial charge in [0, 0.05) is 17.6 Å². The smallest absolute Gasteiger partial charge is 0.0172 e. The summed E-state index contributed by atoms with van der Waals surface area (Å²) in [6.45, 7) is 11.2. The normalized spacial score (nSPS) is 18.1. The van der Waals surface area contributed by atoms with Gasteiger partial charge < -0.3 is 17.2 Å². The first-order chi connectivity index (χ1) is 11.7. The fourth-order valence-electron chi connectivity index (χ4n) is 3.92. The average molecular weight is 356 g/mol. The lowest BCUT2D eigenvalue weighted by Gasteiger charge is -2.37. The minimum absolute atomic E-state index is 0.143. The fourth-order valence-corrected chi connectivity index (χ4v) is 3.92. The Kier molecular flexibility index (Phi) is 13.9. The third kappa shape index (κ3) is 12.8. The van der Waals surface area contributed by atoms with Crippen LogP contribution >= 0.6 is 0 Å². The molecule has 0 aliphatic rings. The van der Waals surface area contributed by atoms with E-state index in [1.807, 2.05) is 0 Å². The van der Waals surface area contributed by atoms with E-state index in [1.165, 1.54) is 51.4 Å². The molecule has 3 heteroatoms. The second kappa shape index (κ2) is 14.0. The molecule has 0 bridgehead atoms. The Balaban J connectivity index is 4.82. The van der Waals surface area contributed by atoms with Crippen molar-refractivity contribution in [1.82, 2.24) is 0 Å². The van der Waals surface area contributed by atoms with Crippen LogP contribution in [0.25, 0.3) is 0 Å². The Bertz CT molecular complexity index is 304. The first kappa shape index (κ1) is 24.9. The number of hydrogen-bond acceptors (Lipinski definition) is 3. The Morgan fingerprint density at radius 3 is 1.88 bits per heavy atom. The second-order valence-corrected chi connectivity index (χ2v) is 9.07. The van der Waals surface area contributed by atoms with Crippen molar-refractivity contribution in [2.45, 2.75) is 129 Å². The van der Waals surface area contributed by atoms with E-state index < -0.39 is 0 Å². The zero-order valence-electron chi connectivity index (χ0n) is 18.0. The molecule has 0 aliphatic carbocycles. The van der Waals surface area contributed by atoms with Crippen LogP contribution in [0.1, 0.15) is 112 Å². The molecule has 0 aliphatic heterocycles. The van der Waals surface area contributed by atoms with Crippen LogP contribution in [0, 0.1) is 11.8 Å². The van der Waals surface area contributed by atoms with Gasteiger partial charge in [-0.05, 0) is 57.3 Å². The van der Waals surface area contributed by atoms with Crippen LogP contribution in [0.3, 0.4) is 0 Å². The van der Waals surface area contributed by atoms with E-state index in [-0.39, 0.29) is 17.6 Å². The van der Waals surface area contributed by atoms with Crippen LogP contribution in [0.2, 0.25) is 0 Å². The minimum atomic E-state index is -0.143. The average Bonchev–Trinajstić information content (AvgIpc) is 2.52. The lowest BCUT2D eigenvalue weighted by molar-refractivity contribution is 0.224. The molecule has 0 aromatic carbocycles. The zero-order valence-corrected chi connectivity index (χ0v) is 18.0. The first-order valence-electron chi connectivity index (χ1n) is 11.0. The quantitative estimate of drug-likeness (QED) is 0.326. The number of hydrogen-bond donors (Lipinski definition) is 3. The number of rotatable bonds is 16. The predicted molar refractivity (Wildman–Crippen MR) is 114 cm³/mol. The summed E-state index contributed by atoms with van der Waals surface area (Å²) < 4.78 is 0. The highest BCUT2D eigenvalue weighted by atomic mass is 14.8. The Morgan fingerprint density at radius 2 is 1.36 bits per heavy atom. The highest BCUT2D eigenvalue weighted by Crippen LogP contribution is 2.30. The molecule has 4 atom stereocenters. The molecule has 0 heterocycles. The maximum absolute atomic E-state index is 6.95. The van der Waals surface area contributed by atoms with Crippen LogP contribution < -0.4 is 17.2 Å². The maximum Gasteiger partial charge on any atom is 0.0172 e. The molecule has 0 aromatic rings. The van der Waals surface area contributed by atoms with Gasteiger partial charge in [-0.25, -0.2) is 0 Å². The van der Waals surface area contributed by atoms with Gasteiger partial charge in [-0.15, -0.1) is 0 Å². The van der Waals surface area contributed by atoms with E-state index in [0.717, 1.165) is 25.7 Å². The fraction of sp³-hybridized carbons (Fsp3) is 1.00. The molecule has 0 fully saturated rings. The van der Waals surface area contributed by atoms with Crippen molar-refractivity contribution in [2.75, 3.05) is 0 Å². The van der Waals surface area contributed by atoms with Crippen LogP contribution in [-0.2, 0) is 0 Å². The molecule has 0 aromatic heterocycles. The SMILES string of the molecule is CCCCCC(CC(N)(CCCCC)CC(N)CCC(C)C)C(C)N. The highest BCUT2D eigenvalue weighted by molar-refractivity contribution is 4.91. The lowest BCUT2D eigenvalue weighted by Crippen LogP contribution is -2.48. The third-order valence-corrected chi connectivity index (χ3v) is 5.65. The predicted octanol–water partition coefficient (Wildman–Crippen LogP) is 5.35. The molecule has 152 valence electrons. The number of nitrogens with two attached hydrogens (primary N) is 3. The Labute approximate surface area is 158 Å². The molecule has 0 amide bonds. The lowest BCUT2D eigenvalue weighted by atomic mass is 9.75. The second-order valence-electron chi connectivity index (χ2n) is 9.07. The van der Waals surface area contributed by atoms with Crippen molar-refractivity contribution >= 4 is 0 Å². The van der Waals surface area contributed by atoms with Crippen LogP contribution in [-0.4, -0.2) is 17.6 Å². The summed E-state index contributed by atoms with van der Waals surface area (Å²) in [5.74, 6) is 1.24. The van der Waals surface area contributed by atoms with E-state index in [0.29, 0.717) is 11.8 Å². The molecule has 0 rings (SSSR count). The van der Waals surface area contributed by atoms with Gasteiger partial charge in [-0.2, -0.15) is 0 Å². The van der Waals surface area contributed by atoms with Gasteiger partial charge in [0.1, 0.15) is 0 Å². The molecule has 6 N–H and O–H groups in total. The zero-order chi connectivity index (χ0) is 19.3. The van der Waals surface area contributed by atoms with E-state index in [9.17, 15) is 0 Å². The van der Waals surface area contributed by atoms with E-state index in [4.69, 9.17) is 17.2 Å². The van der Waals surface area contributed by atoms with Gasteiger partial charge in [-0.3, -0.25) is 0 Å². The molecule has 4 unspecified atom stereocenters. The minimum Gasteiger partial charge on any atom is -0.328 e. The largest absolute Gasteiger partial charge is 0.328 e. The van der Waals surface area contributed by atoms with Gasteiger partial charge >= 0.3 is 0 Å². The van der Waals surface area contributed by atoms with Crippen LogP contribution in [0.5, 0.6) is 0 Å². The van der Waals surface area contributed by atoms with Crippen molar-refractivity contribution in [1.29, 1.82) is 0 Å². The molecule has 0 saturated carbocycles. The van der Waals surface area contributed by atoms with Crippen LogP contribution in [0.4, 0.5) is 0 Å². The summed E-state index contributed by atoms with van der Waals surface area (Å²) in [6.07, 6.45) is 14.1. The van der Waals surface area contributed by atoms with Gasteiger partial charge in [0.25, 0.3) is 0 Å². The van der Waals surface area contributed by atoms with Gasteiger partial charge in [0.2, 0.25) is 0 Å². The third-order valence-electron chi connectivity index (χ3n) is 5.65. The summed E-state index contributed by atoms with van der Waals surface area (Å²) in [6, 6.07) is 0.441. The molecule has 0 saturated heterocycles. The van der Waals surface area contributed by atoms with Gasteiger partial charge in [-0.1, -0.05) is 66.2 Å². The number of unbranched alkanes of at least 4 members (excludes halogenated alkanes) is 4. The summed E-state index contributed by atoms with van der Waals surface area (Å²) in [4.78, 5) is 0. The molecular weight excluding hydrogens is 306 g/mol. The molecule has 0 spiro atoms. The molecule has 0 radical (unpaired) electrons. The van der Waals surface area contributed by atoms with Crippen molar-refractivity contribution in [2.24, 2.45) is 29.0 Å². The van der Waals surface area contributed by atoms with E-state index in [2.05, 4.69) is 34.6 Å². The maximum atomic E-state index is 6.95. The monoisotopic (exact) mass is 355 g/mol. The van der Waals surface area contributed by atoms with Crippen molar-refractivity contribution < 1.29 is 0 Å². The van der Waals surface area contributed by atoms with Gasteiger partial charge in [0.15, 0.2) is 0 Å². The highest BCUT2D eigenvalue weighted by Gasteiger charge is 2.31. The first-order valence-corrected chi connectivity index (χ1v) is 11.0. The standard InChI is InChI=1S/C22H49N3/c1-6-8-10-12-20(19(5)23)16-22(25,15-11-9-7-2)17-21(24)14-13-18(3)4/h18-21H,6-17,23-25H2,1-5H3. The molecule has 25 heavy (non-hydrogen) atoms. The van der Waals surface area contributed by atoms with E-state index >= 15 is 0 Å². The summed E-state index contributed by atoms with van der Waals surface area (Å²) in [5, 5.41) is 0. The summed E-state index contributed by atoms with van der Waals surface area (Å²) in [5.41, 5.74) is 19.6. The Morgan fingerprint density at radius 1 is 0.760 bits per heavy atom. The Hall–Kier alpha value is -0.120. The van der Waals surface area contributed by atoms with Crippen molar-refractivity contribution in [3.05, 3.63) is 0 Å². The summed E-state index contributed by atoms with van der Waals surface area (Å²) in [7, 11) is 0. The summed E-state index contributed by atoms with van der Waals surface area (Å²) >= 11 is 0. The molecular formula is C22H49N3. The van der Waals surface area contributed by atoms with Crippen LogP contribution in [0.15, 0.2) is 0 Å². The van der Waals surface area contributed by atoms with E-state index in [1.54, 1.807) is 0 Å².